The van der Waals surface area contributed by atoms with E-state index in [-0.39, 0.29) is 25.1 Å². The molecule has 246 valence electrons. The molecule has 4 atom stereocenters. The minimum absolute atomic E-state index is 0.0108. The minimum atomic E-state index is -5.17. The number of phenolic OH excluding ortho intramolecular Hbond substituents is 1. The second kappa shape index (κ2) is 17.8. The first-order valence-electron chi connectivity index (χ1n) is 14.0. The van der Waals surface area contributed by atoms with Gasteiger partial charge in [-0.05, 0) is 56.3 Å². The molecular weight excluding hydrogens is 589 g/mol. The SMILES string of the molecule is CC(=O)NCC(=O)NC(Cc1ccc(O)cc1)C(=O)NC(C(=O)NC(CCCCN)C(=O)NC(C)C(=O)C(F)(F)F)C(C)C. The van der Waals surface area contributed by atoms with Gasteiger partial charge in [0.1, 0.15) is 23.9 Å². The number of nitrogens with two attached hydrogens (primary N) is 1. The Hall–Kier alpha value is -4.21. The molecule has 4 unspecified atom stereocenters. The predicted octanol–water partition coefficient (Wildman–Crippen LogP) is -0.0537. The highest BCUT2D eigenvalue weighted by Gasteiger charge is 2.42. The molecule has 0 aromatic heterocycles. The quantitative estimate of drug-likeness (QED) is 0.116. The Labute approximate surface area is 253 Å². The lowest BCUT2D eigenvalue weighted by Gasteiger charge is -2.28. The molecule has 0 aliphatic carbocycles. The zero-order valence-corrected chi connectivity index (χ0v) is 25.0. The van der Waals surface area contributed by atoms with Crippen LogP contribution in [0.25, 0.3) is 0 Å². The number of amides is 5. The zero-order valence-electron chi connectivity index (χ0n) is 25.0. The number of hydrogen-bond acceptors (Lipinski definition) is 8. The number of carbonyl (C=O) groups excluding carboxylic acids is 6. The van der Waals surface area contributed by atoms with Crippen molar-refractivity contribution in [2.24, 2.45) is 11.7 Å². The molecule has 16 heteroatoms. The van der Waals surface area contributed by atoms with E-state index >= 15 is 0 Å². The van der Waals surface area contributed by atoms with Crippen LogP contribution in [-0.2, 0) is 35.2 Å². The number of hydrogen-bond donors (Lipinski definition) is 7. The van der Waals surface area contributed by atoms with Gasteiger partial charge in [-0.3, -0.25) is 28.8 Å². The molecule has 0 fully saturated rings. The van der Waals surface area contributed by atoms with Crippen LogP contribution in [0.5, 0.6) is 5.75 Å². The number of ketones is 1. The molecule has 8 N–H and O–H groups in total. The number of nitrogens with one attached hydrogen (secondary N) is 5. The number of halogens is 3. The Morgan fingerprint density at radius 2 is 1.43 bits per heavy atom. The summed E-state index contributed by atoms with van der Waals surface area (Å²) >= 11 is 0. The van der Waals surface area contributed by atoms with Gasteiger partial charge in [0.25, 0.3) is 5.78 Å². The first-order chi connectivity index (χ1) is 20.5. The van der Waals surface area contributed by atoms with Crippen LogP contribution >= 0.6 is 0 Å². The Kier molecular flexibility index (Phi) is 15.3. The second-order valence-electron chi connectivity index (χ2n) is 10.6. The molecule has 13 nitrogen and oxygen atoms in total. The van der Waals surface area contributed by atoms with E-state index in [4.69, 9.17) is 5.73 Å². The van der Waals surface area contributed by atoms with E-state index < -0.39 is 78.1 Å². The van der Waals surface area contributed by atoms with E-state index in [1.165, 1.54) is 31.2 Å². The maximum Gasteiger partial charge on any atom is 0.452 e. The lowest BCUT2D eigenvalue weighted by molar-refractivity contribution is -0.173. The van der Waals surface area contributed by atoms with Gasteiger partial charge in [0.15, 0.2) is 0 Å². The van der Waals surface area contributed by atoms with Crippen LogP contribution in [0, 0.1) is 5.92 Å². The van der Waals surface area contributed by atoms with E-state index in [9.17, 15) is 47.0 Å². The third-order valence-electron chi connectivity index (χ3n) is 6.38. The fraction of sp³-hybridized carbons (Fsp3) is 0.571. The van der Waals surface area contributed by atoms with Crippen molar-refractivity contribution in [1.29, 1.82) is 0 Å². The third-order valence-corrected chi connectivity index (χ3v) is 6.38. The molecule has 0 aliphatic heterocycles. The molecule has 0 aliphatic rings. The molecule has 1 aromatic carbocycles. The molecule has 0 heterocycles. The summed E-state index contributed by atoms with van der Waals surface area (Å²) in [5, 5.41) is 21.4. The molecule has 1 aromatic rings. The van der Waals surface area contributed by atoms with Gasteiger partial charge in [0.05, 0.1) is 12.6 Å². The minimum Gasteiger partial charge on any atom is -0.508 e. The maximum atomic E-state index is 13.4. The highest BCUT2D eigenvalue weighted by molar-refractivity contribution is 5.97. The van der Waals surface area contributed by atoms with Crippen molar-refractivity contribution in [3.8, 4) is 5.75 Å². The number of aromatic hydroxyl groups is 1. The summed E-state index contributed by atoms with van der Waals surface area (Å²) in [6.45, 7) is 5.12. The summed E-state index contributed by atoms with van der Waals surface area (Å²) in [7, 11) is 0. The number of rotatable bonds is 17. The van der Waals surface area contributed by atoms with Crippen molar-refractivity contribution in [3.63, 3.8) is 0 Å². The summed E-state index contributed by atoms with van der Waals surface area (Å²) in [4.78, 5) is 74.7. The highest BCUT2D eigenvalue weighted by atomic mass is 19.4. The van der Waals surface area contributed by atoms with Crippen LogP contribution in [0.1, 0.15) is 52.5 Å². The monoisotopic (exact) mass is 630 g/mol. The van der Waals surface area contributed by atoms with E-state index in [1.54, 1.807) is 13.8 Å². The summed E-state index contributed by atoms with van der Waals surface area (Å²) in [6, 6.07) is 0.0807. The fourth-order valence-corrected chi connectivity index (χ4v) is 3.96. The lowest BCUT2D eigenvalue weighted by Crippen LogP contribution is -2.59. The van der Waals surface area contributed by atoms with E-state index in [2.05, 4.69) is 21.3 Å². The van der Waals surface area contributed by atoms with Gasteiger partial charge in [-0.1, -0.05) is 26.0 Å². The number of carbonyl (C=O) groups is 6. The molecule has 0 saturated heterocycles. The van der Waals surface area contributed by atoms with E-state index in [1.807, 2.05) is 5.32 Å². The van der Waals surface area contributed by atoms with Crippen LogP contribution in [0.2, 0.25) is 0 Å². The van der Waals surface area contributed by atoms with Crippen LogP contribution in [0.4, 0.5) is 13.2 Å². The summed E-state index contributed by atoms with van der Waals surface area (Å²) < 4.78 is 38.5. The van der Waals surface area contributed by atoms with Gasteiger partial charge in [-0.25, -0.2) is 0 Å². The zero-order chi connectivity index (χ0) is 33.6. The van der Waals surface area contributed by atoms with Crippen LogP contribution in [-0.4, -0.2) is 83.9 Å². The smallest absolute Gasteiger partial charge is 0.452 e. The summed E-state index contributed by atoms with van der Waals surface area (Å²) in [6.07, 6.45) is -4.47. The topological polar surface area (TPSA) is 209 Å². The third kappa shape index (κ3) is 13.4. The van der Waals surface area contributed by atoms with Crippen molar-refractivity contribution in [1.82, 2.24) is 26.6 Å². The van der Waals surface area contributed by atoms with Gasteiger partial charge < -0.3 is 37.4 Å². The Balaban J connectivity index is 3.15. The highest BCUT2D eigenvalue weighted by Crippen LogP contribution is 2.18. The number of unbranched alkanes of at least 4 members (excludes halogenated alkanes) is 1. The molecule has 0 spiro atoms. The molecule has 44 heavy (non-hydrogen) atoms. The maximum absolute atomic E-state index is 13.4. The normalized spacial score (nSPS) is 14.0. The molecule has 1 rings (SSSR count). The van der Waals surface area contributed by atoms with Gasteiger partial charge in [-0.2, -0.15) is 13.2 Å². The van der Waals surface area contributed by atoms with Crippen LogP contribution < -0.4 is 32.3 Å². The standard InChI is InChI=1S/C28H41F3N6O7/c1-15(2)23(27(44)36-20(7-5-6-12-32)25(42)34-16(3)24(41)28(29,30)31)37-26(43)21(35-22(40)14-33-17(4)38)13-18-8-10-19(39)11-9-18/h8-11,15-16,20-21,23,39H,5-7,12-14,32H2,1-4H3,(H,33,38)(H,34,42)(H,35,40)(H,36,44)(H,37,43). The van der Waals surface area contributed by atoms with Crippen LogP contribution in [0.15, 0.2) is 24.3 Å². The number of phenols is 1. The number of alkyl halides is 3. The first-order valence-corrected chi connectivity index (χ1v) is 14.0. The van der Waals surface area contributed by atoms with Crippen molar-refractivity contribution in [3.05, 3.63) is 29.8 Å². The molecule has 0 saturated carbocycles. The van der Waals surface area contributed by atoms with Crippen molar-refractivity contribution >= 4 is 35.3 Å². The lowest BCUT2D eigenvalue weighted by atomic mass is 9.99. The predicted molar refractivity (Wildman–Crippen MR) is 153 cm³/mol. The Morgan fingerprint density at radius 3 is 1.95 bits per heavy atom. The van der Waals surface area contributed by atoms with Crippen molar-refractivity contribution < 1.29 is 47.0 Å². The largest absolute Gasteiger partial charge is 0.508 e. The van der Waals surface area contributed by atoms with Gasteiger partial charge in [0, 0.05) is 13.3 Å². The average Bonchev–Trinajstić information content (AvgIpc) is 2.93. The molecular formula is C28H41F3N6O7. The summed E-state index contributed by atoms with van der Waals surface area (Å²) in [5.74, 6) is -6.54. The van der Waals surface area contributed by atoms with Crippen molar-refractivity contribution in [2.45, 2.75) is 83.7 Å². The van der Waals surface area contributed by atoms with Crippen molar-refractivity contribution in [2.75, 3.05) is 13.1 Å². The van der Waals surface area contributed by atoms with E-state index in [0.29, 0.717) is 18.4 Å². The first kappa shape index (κ1) is 37.8. The molecule has 5 amide bonds. The Morgan fingerprint density at radius 1 is 0.841 bits per heavy atom. The molecule has 0 radical (unpaired) electrons. The second-order valence-corrected chi connectivity index (χ2v) is 10.6. The number of benzene rings is 1. The van der Waals surface area contributed by atoms with Gasteiger partial charge >= 0.3 is 6.18 Å². The van der Waals surface area contributed by atoms with Crippen LogP contribution in [0.3, 0.4) is 0 Å². The Bertz CT molecular complexity index is 1160. The van der Waals surface area contributed by atoms with Gasteiger partial charge in [0.2, 0.25) is 29.5 Å². The average molecular weight is 631 g/mol. The number of Topliss-reactive ketones (excluding diaryl/α,β-unsaturated/α-hetero) is 1. The van der Waals surface area contributed by atoms with E-state index in [0.717, 1.165) is 6.92 Å². The van der Waals surface area contributed by atoms with Gasteiger partial charge in [-0.15, -0.1) is 0 Å². The fourth-order valence-electron chi connectivity index (χ4n) is 3.96. The molecule has 0 bridgehead atoms. The summed E-state index contributed by atoms with van der Waals surface area (Å²) in [5.41, 5.74) is 6.04.